The second-order valence-corrected chi connectivity index (χ2v) is 2.27. The van der Waals surface area contributed by atoms with Gasteiger partial charge >= 0.3 is 0 Å². The number of ether oxygens (including phenoxy) is 6. The monoisotopic (exact) mass is 210 g/mol. The lowest BCUT2D eigenvalue weighted by molar-refractivity contribution is -0.189. The summed E-state index contributed by atoms with van der Waals surface area (Å²) < 4.78 is 29.1. The highest BCUT2D eigenvalue weighted by atomic mass is 16.8. The minimum absolute atomic E-state index is 0.136. The highest BCUT2D eigenvalue weighted by Gasteiger charge is 1.89. The molecule has 0 aliphatic rings. The third-order valence-corrected chi connectivity index (χ3v) is 1.13. The van der Waals surface area contributed by atoms with Crippen molar-refractivity contribution < 1.29 is 28.4 Å². The molecular formula is C8H18O6. The Morgan fingerprint density at radius 1 is 0.571 bits per heavy atom. The molecule has 0 unspecified atom stereocenters. The first-order valence-electron chi connectivity index (χ1n) is 4.20. The van der Waals surface area contributed by atoms with Gasteiger partial charge in [-0.25, -0.2) is 0 Å². The first kappa shape index (κ1) is 13.8. The Kier molecular flexibility index (Phi) is 12.5. The van der Waals surface area contributed by atoms with Crippen molar-refractivity contribution in [1.82, 2.24) is 0 Å². The van der Waals surface area contributed by atoms with Gasteiger partial charge in [0.25, 0.3) is 0 Å². The van der Waals surface area contributed by atoms with E-state index in [1.165, 1.54) is 0 Å². The van der Waals surface area contributed by atoms with Crippen LogP contribution in [0, 0.1) is 0 Å². The molecule has 6 heteroatoms. The van der Waals surface area contributed by atoms with Crippen molar-refractivity contribution in [1.29, 1.82) is 0 Å². The van der Waals surface area contributed by atoms with Crippen molar-refractivity contribution >= 4 is 0 Å². The SMILES string of the molecule is COCCOCOCOCOCOC. The zero-order valence-corrected chi connectivity index (χ0v) is 8.69. The van der Waals surface area contributed by atoms with Gasteiger partial charge in [0.2, 0.25) is 0 Å². The maximum Gasteiger partial charge on any atom is 0.152 e. The molecule has 0 aromatic heterocycles. The lowest BCUT2D eigenvalue weighted by Gasteiger charge is -2.06. The van der Waals surface area contributed by atoms with E-state index in [-0.39, 0.29) is 27.2 Å². The van der Waals surface area contributed by atoms with E-state index in [1.54, 1.807) is 14.2 Å². The molecule has 0 aromatic carbocycles. The number of hydrogen-bond donors (Lipinski definition) is 0. The van der Waals surface area contributed by atoms with Crippen LogP contribution in [0.4, 0.5) is 0 Å². The maximum absolute atomic E-state index is 5.01. The van der Waals surface area contributed by atoms with Crippen LogP contribution in [0.5, 0.6) is 0 Å². The number of hydrogen-bond acceptors (Lipinski definition) is 6. The van der Waals surface area contributed by atoms with Crippen LogP contribution >= 0.6 is 0 Å². The van der Waals surface area contributed by atoms with E-state index in [1.807, 2.05) is 0 Å². The third kappa shape index (κ3) is 11.8. The van der Waals surface area contributed by atoms with E-state index in [0.717, 1.165) is 0 Å². The largest absolute Gasteiger partial charge is 0.382 e. The fourth-order valence-corrected chi connectivity index (χ4v) is 0.563. The molecule has 0 amide bonds. The molecule has 86 valence electrons. The Morgan fingerprint density at radius 3 is 1.71 bits per heavy atom. The van der Waals surface area contributed by atoms with Crippen LogP contribution in [0.2, 0.25) is 0 Å². The predicted molar refractivity (Wildman–Crippen MR) is 47.6 cm³/mol. The number of rotatable bonds is 11. The topological polar surface area (TPSA) is 55.4 Å². The standard InChI is InChI=1S/C8H18O6/c1-9-3-4-11-6-13-8-14-7-12-5-10-2/h3-8H2,1-2H3. The van der Waals surface area contributed by atoms with Crippen molar-refractivity contribution in [2.24, 2.45) is 0 Å². The summed E-state index contributed by atoms with van der Waals surface area (Å²) in [5.74, 6) is 0. The van der Waals surface area contributed by atoms with E-state index >= 15 is 0 Å². The quantitative estimate of drug-likeness (QED) is 0.358. The summed E-state index contributed by atoms with van der Waals surface area (Å²) in [5.41, 5.74) is 0. The van der Waals surface area contributed by atoms with E-state index in [0.29, 0.717) is 13.2 Å². The molecule has 0 rings (SSSR count). The summed E-state index contributed by atoms with van der Waals surface area (Å²) in [6.45, 7) is 1.75. The van der Waals surface area contributed by atoms with Crippen molar-refractivity contribution in [3.05, 3.63) is 0 Å². The summed E-state index contributed by atoms with van der Waals surface area (Å²) in [6.07, 6.45) is 0. The molecule has 0 heterocycles. The van der Waals surface area contributed by atoms with Gasteiger partial charge in [-0.1, -0.05) is 0 Å². The highest BCUT2D eigenvalue weighted by Crippen LogP contribution is 1.83. The molecule has 0 N–H and O–H groups in total. The van der Waals surface area contributed by atoms with Crippen LogP contribution in [-0.4, -0.2) is 54.6 Å². The first-order valence-corrected chi connectivity index (χ1v) is 4.20. The molecule has 0 fully saturated rings. The Labute approximate surface area is 84.0 Å². The normalized spacial score (nSPS) is 10.7. The molecule has 14 heavy (non-hydrogen) atoms. The third-order valence-electron chi connectivity index (χ3n) is 1.13. The van der Waals surface area contributed by atoms with Gasteiger partial charge in [0.15, 0.2) is 13.6 Å². The molecule has 0 aromatic rings. The minimum atomic E-state index is 0.136. The van der Waals surface area contributed by atoms with Gasteiger partial charge in [-0.15, -0.1) is 0 Å². The second kappa shape index (κ2) is 12.8. The smallest absolute Gasteiger partial charge is 0.152 e. The van der Waals surface area contributed by atoms with E-state index in [2.05, 4.69) is 4.74 Å². The van der Waals surface area contributed by atoms with Gasteiger partial charge in [-0.3, -0.25) is 0 Å². The highest BCUT2D eigenvalue weighted by molar-refractivity contribution is 4.20. The molecule has 0 spiro atoms. The lowest BCUT2D eigenvalue weighted by atomic mass is 10.8. The predicted octanol–water partition coefficient (Wildman–Crippen LogP) is 0.176. The van der Waals surface area contributed by atoms with Crippen LogP contribution in [0.15, 0.2) is 0 Å². The lowest BCUT2D eigenvalue weighted by Crippen LogP contribution is -2.10. The van der Waals surface area contributed by atoms with Crippen LogP contribution < -0.4 is 0 Å². The fraction of sp³-hybridized carbons (Fsp3) is 1.00. The van der Waals surface area contributed by atoms with Crippen molar-refractivity contribution in [3.63, 3.8) is 0 Å². The second-order valence-electron chi connectivity index (χ2n) is 2.27. The Morgan fingerprint density at radius 2 is 1.14 bits per heavy atom. The fourth-order valence-electron chi connectivity index (χ4n) is 0.563. The summed E-state index contributed by atoms with van der Waals surface area (Å²) in [4.78, 5) is 0. The van der Waals surface area contributed by atoms with Gasteiger partial charge in [0.05, 0.1) is 13.2 Å². The van der Waals surface area contributed by atoms with Crippen LogP contribution in [-0.2, 0) is 28.4 Å². The molecule has 0 saturated heterocycles. The number of methoxy groups -OCH3 is 2. The molecule has 0 radical (unpaired) electrons. The zero-order chi connectivity index (χ0) is 10.5. The minimum Gasteiger partial charge on any atom is -0.382 e. The summed E-state index contributed by atoms with van der Waals surface area (Å²) >= 11 is 0. The average Bonchev–Trinajstić information content (AvgIpc) is 2.21. The first-order chi connectivity index (χ1) is 6.91. The van der Waals surface area contributed by atoms with E-state index in [4.69, 9.17) is 23.7 Å². The van der Waals surface area contributed by atoms with Gasteiger partial charge < -0.3 is 28.4 Å². The van der Waals surface area contributed by atoms with Crippen molar-refractivity contribution in [3.8, 4) is 0 Å². The molecule has 0 bridgehead atoms. The van der Waals surface area contributed by atoms with Crippen LogP contribution in [0.3, 0.4) is 0 Å². The molecule has 0 aliphatic carbocycles. The molecule has 0 aliphatic heterocycles. The van der Waals surface area contributed by atoms with E-state index < -0.39 is 0 Å². The van der Waals surface area contributed by atoms with Crippen molar-refractivity contribution in [2.75, 3.05) is 54.6 Å². The van der Waals surface area contributed by atoms with Gasteiger partial charge in [-0.2, -0.15) is 0 Å². The van der Waals surface area contributed by atoms with Crippen LogP contribution in [0.1, 0.15) is 0 Å². The Balaban J connectivity index is 2.78. The van der Waals surface area contributed by atoms with E-state index in [9.17, 15) is 0 Å². The van der Waals surface area contributed by atoms with Gasteiger partial charge in [-0.05, 0) is 0 Å². The molecule has 0 saturated carbocycles. The molecule has 6 nitrogen and oxygen atoms in total. The Bertz CT molecular complexity index is 87.8. The summed E-state index contributed by atoms with van der Waals surface area (Å²) in [7, 11) is 3.15. The maximum atomic E-state index is 5.01. The molecule has 0 atom stereocenters. The average molecular weight is 210 g/mol. The van der Waals surface area contributed by atoms with Gasteiger partial charge in [0, 0.05) is 14.2 Å². The summed E-state index contributed by atoms with van der Waals surface area (Å²) in [6, 6.07) is 0. The van der Waals surface area contributed by atoms with Crippen molar-refractivity contribution in [2.45, 2.75) is 0 Å². The molecular weight excluding hydrogens is 192 g/mol. The summed E-state index contributed by atoms with van der Waals surface area (Å²) in [5, 5.41) is 0. The Hall–Kier alpha value is -0.240. The van der Waals surface area contributed by atoms with Gasteiger partial charge in [0.1, 0.15) is 13.6 Å². The van der Waals surface area contributed by atoms with Crippen LogP contribution in [0.25, 0.3) is 0 Å². The zero-order valence-electron chi connectivity index (χ0n) is 8.69.